The lowest BCUT2D eigenvalue weighted by Gasteiger charge is -2.12. The zero-order valence-corrected chi connectivity index (χ0v) is 17.1. The van der Waals surface area contributed by atoms with E-state index < -0.39 is 0 Å². The van der Waals surface area contributed by atoms with Crippen LogP contribution in [-0.2, 0) is 0 Å². The number of benzene rings is 2. The number of nitrogens with one attached hydrogen (secondary N) is 1. The van der Waals surface area contributed by atoms with E-state index in [1.807, 2.05) is 13.0 Å². The first-order valence-electron chi connectivity index (χ1n) is 8.68. The van der Waals surface area contributed by atoms with Crippen molar-refractivity contribution in [3.63, 3.8) is 0 Å². The topological polar surface area (TPSA) is 90.6 Å². The van der Waals surface area contributed by atoms with Crippen molar-refractivity contribution >= 4 is 39.5 Å². The average molecular weight is 430 g/mol. The van der Waals surface area contributed by atoms with Crippen LogP contribution < -0.4 is 14.8 Å². The van der Waals surface area contributed by atoms with Crippen molar-refractivity contribution in [3.05, 3.63) is 53.3 Å². The van der Waals surface area contributed by atoms with Gasteiger partial charge < -0.3 is 14.8 Å². The maximum atomic E-state index is 12.7. The van der Waals surface area contributed by atoms with Gasteiger partial charge in [-0.1, -0.05) is 22.9 Å². The van der Waals surface area contributed by atoms with Gasteiger partial charge in [0.05, 0.1) is 24.4 Å². The highest BCUT2D eigenvalue weighted by atomic mass is 35.5. The fraction of sp³-hybridized carbons (Fsp3) is 0.158. The molecular weight excluding hydrogens is 414 g/mol. The van der Waals surface area contributed by atoms with Gasteiger partial charge >= 0.3 is 0 Å². The summed E-state index contributed by atoms with van der Waals surface area (Å²) in [4.78, 5) is 13.4. The highest BCUT2D eigenvalue weighted by Crippen LogP contribution is 2.33. The fourth-order valence-corrected chi connectivity index (χ4v) is 3.78. The molecule has 0 fully saturated rings. The second-order valence-corrected chi connectivity index (χ2v) is 7.28. The second-order valence-electron chi connectivity index (χ2n) is 5.91. The summed E-state index contributed by atoms with van der Waals surface area (Å²) >= 11 is 7.59. The first-order valence-corrected chi connectivity index (χ1v) is 9.87. The number of hydrogen-bond donors (Lipinski definition) is 1. The van der Waals surface area contributed by atoms with E-state index >= 15 is 0 Å². The van der Waals surface area contributed by atoms with Crippen LogP contribution in [0.25, 0.3) is 15.5 Å². The number of ether oxygens (including phenoxy) is 2. The summed E-state index contributed by atoms with van der Waals surface area (Å²) in [5.74, 6) is 0.749. The van der Waals surface area contributed by atoms with Gasteiger partial charge in [0.2, 0.25) is 4.96 Å². The van der Waals surface area contributed by atoms with Crippen LogP contribution in [0.5, 0.6) is 11.5 Å². The summed E-state index contributed by atoms with van der Waals surface area (Å²) in [5, 5.41) is 16.2. The molecule has 8 nitrogen and oxygen atoms in total. The average Bonchev–Trinajstić information content (AvgIpc) is 3.32. The molecule has 0 saturated heterocycles. The van der Waals surface area contributed by atoms with Crippen molar-refractivity contribution < 1.29 is 14.3 Å². The van der Waals surface area contributed by atoms with E-state index in [0.29, 0.717) is 39.3 Å². The van der Waals surface area contributed by atoms with Crippen LogP contribution in [0.4, 0.5) is 5.69 Å². The number of fused-ring (bicyclic) bond motifs is 1. The Bertz CT molecular complexity index is 1160. The van der Waals surface area contributed by atoms with Crippen molar-refractivity contribution in [1.82, 2.24) is 19.8 Å². The Hall–Kier alpha value is -3.17. The third kappa shape index (κ3) is 3.87. The summed E-state index contributed by atoms with van der Waals surface area (Å²) < 4.78 is 12.4. The lowest BCUT2D eigenvalue weighted by Crippen LogP contribution is -2.13. The first-order chi connectivity index (χ1) is 14.1. The quantitative estimate of drug-likeness (QED) is 0.494. The molecule has 1 N–H and O–H groups in total. The predicted molar refractivity (Wildman–Crippen MR) is 111 cm³/mol. The molecule has 2 aromatic heterocycles. The third-order valence-electron chi connectivity index (χ3n) is 4.08. The molecule has 2 heterocycles. The van der Waals surface area contributed by atoms with Crippen LogP contribution in [0.15, 0.2) is 42.7 Å². The van der Waals surface area contributed by atoms with E-state index in [1.54, 1.807) is 42.0 Å². The number of rotatable bonds is 6. The minimum atomic E-state index is -0.316. The van der Waals surface area contributed by atoms with Gasteiger partial charge in [-0.3, -0.25) is 4.79 Å². The van der Waals surface area contributed by atoms with E-state index in [0.717, 1.165) is 10.6 Å². The Morgan fingerprint density at radius 2 is 2.07 bits per heavy atom. The van der Waals surface area contributed by atoms with E-state index in [2.05, 4.69) is 20.6 Å². The van der Waals surface area contributed by atoms with Crippen LogP contribution in [0, 0.1) is 0 Å². The summed E-state index contributed by atoms with van der Waals surface area (Å²) in [7, 11) is 1.54. The Morgan fingerprint density at radius 3 is 2.79 bits per heavy atom. The largest absolute Gasteiger partial charge is 0.495 e. The maximum Gasteiger partial charge on any atom is 0.255 e. The van der Waals surface area contributed by atoms with Gasteiger partial charge in [0.1, 0.15) is 22.8 Å². The molecule has 0 atom stereocenters. The zero-order valence-electron chi connectivity index (χ0n) is 15.5. The van der Waals surface area contributed by atoms with E-state index in [9.17, 15) is 4.79 Å². The number of nitrogens with zero attached hydrogens (tertiary/aromatic N) is 4. The van der Waals surface area contributed by atoms with Crippen LogP contribution >= 0.6 is 22.9 Å². The summed E-state index contributed by atoms with van der Waals surface area (Å²) in [5.41, 5.74) is 1.75. The Kier molecular flexibility index (Phi) is 5.32. The molecule has 29 heavy (non-hydrogen) atoms. The van der Waals surface area contributed by atoms with Crippen molar-refractivity contribution in [1.29, 1.82) is 0 Å². The van der Waals surface area contributed by atoms with Crippen molar-refractivity contribution in [2.45, 2.75) is 6.92 Å². The van der Waals surface area contributed by atoms with Gasteiger partial charge in [-0.2, -0.15) is 9.61 Å². The van der Waals surface area contributed by atoms with Gasteiger partial charge in [-0.15, -0.1) is 10.2 Å². The van der Waals surface area contributed by atoms with Crippen LogP contribution in [0.3, 0.4) is 0 Å². The molecule has 0 spiro atoms. The number of aromatic nitrogens is 4. The fourth-order valence-electron chi connectivity index (χ4n) is 2.72. The van der Waals surface area contributed by atoms with Gasteiger partial charge in [-0.25, -0.2) is 0 Å². The lowest BCUT2D eigenvalue weighted by atomic mass is 10.1. The van der Waals surface area contributed by atoms with E-state index in [-0.39, 0.29) is 5.91 Å². The number of methoxy groups -OCH3 is 1. The molecule has 0 aliphatic carbocycles. The summed E-state index contributed by atoms with van der Waals surface area (Å²) in [6.45, 7) is 2.36. The number of amides is 1. The van der Waals surface area contributed by atoms with Gasteiger partial charge in [0, 0.05) is 11.1 Å². The molecule has 0 aliphatic heterocycles. The smallest absolute Gasteiger partial charge is 0.255 e. The highest BCUT2D eigenvalue weighted by Gasteiger charge is 2.15. The lowest BCUT2D eigenvalue weighted by molar-refractivity contribution is 0.102. The third-order valence-corrected chi connectivity index (χ3v) is 5.33. The van der Waals surface area contributed by atoms with Gasteiger partial charge in [0.15, 0.2) is 0 Å². The SMILES string of the molecule is CCOc1ccc(C(=O)Nc2cc(-c3nn4cnnc4s3)ccc2OC)cc1Cl. The van der Waals surface area contributed by atoms with Gasteiger partial charge in [-0.05, 0) is 43.3 Å². The van der Waals surface area contributed by atoms with Crippen molar-refractivity contribution in [2.24, 2.45) is 0 Å². The monoisotopic (exact) mass is 429 g/mol. The summed E-state index contributed by atoms with van der Waals surface area (Å²) in [6.07, 6.45) is 1.54. The number of halogens is 1. The molecule has 4 aromatic rings. The molecule has 0 saturated carbocycles. The second kappa shape index (κ2) is 8.06. The molecule has 2 aromatic carbocycles. The minimum absolute atomic E-state index is 0.316. The van der Waals surface area contributed by atoms with Crippen molar-refractivity contribution in [3.8, 4) is 22.1 Å². The zero-order chi connectivity index (χ0) is 20.4. The molecule has 0 radical (unpaired) electrons. The van der Waals surface area contributed by atoms with E-state index in [4.69, 9.17) is 21.1 Å². The molecule has 0 bridgehead atoms. The standard InChI is InChI=1S/C19H16ClN5O3S/c1-3-28-15-6-4-11(8-13(15)20)17(26)22-14-9-12(5-7-16(14)27-2)18-24-25-10-21-23-19(25)29-18/h4-10H,3H2,1-2H3,(H,22,26). The normalized spacial score (nSPS) is 10.9. The van der Waals surface area contributed by atoms with E-state index in [1.165, 1.54) is 17.7 Å². The predicted octanol–water partition coefficient (Wildman–Crippen LogP) is 4.17. The maximum absolute atomic E-state index is 12.7. The Morgan fingerprint density at radius 1 is 1.24 bits per heavy atom. The Labute approximate surface area is 175 Å². The van der Waals surface area contributed by atoms with Crippen molar-refractivity contribution in [2.75, 3.05) is 19.0 Å². The molecular formula is C19H16ClN5O3S. The first kappa shape index (κ1) is 19.2. The molecule has 0 aliphatic rings. The minimum Gasteiger partial charge on any atom is -0.495 e. The Balaban J connectivity index is 1.62. The molecule has 1 amide bonds. The number of carbonyl (C=O) groups excluding carboxylic acids is 1. The van der Waals surface area contributed by atoms with Crippen LogP contribution in [0.1, 0.15) is 17.3 Å². The molecule has 10 heteroatoms. The number of hydrogen-bond acceptors (Lipinski definition) is 7. The number of carbonyl (C=O) groups is 1. The molecule has 4 rings (SSSR count). The van der Waals surface area contributed by atoms with Crippen LogP contribution in [-0.4, -0.2) is 39.4 Å². The van der Waals surface area contributed by atoms with Crippen LogP contribution in [0.2, 0.25) is 5.02 Å². The molecule has 148 valence electrons. The summed E-state index contributed by atoms with van der Waals surface area (Å²) in [6, 6.07) is 10.4. The molecule has 0 unspecified atom stereocenters. The van der Waals surface area contributed by atoms with Gasteiger partial charge in [0.25, 0.3) is 5.91 Å². The highest BCUT2D eigenvalue weighted by molar-refractivity contribution is 7.19. The number of anilines is 1.